The minimum atomic E-state index is -0.564. The van der Waals surface area contributed by atoms with Gasteiger partial charge < -0.3 is 8.98 Å². The van der Waals surface area contributed by atoms with Crippen molar-refractivity contribution < 1.29 is 14.0 Å². The highest BCUT2D eigenvalue weighted by molar-refractivity contribution is 6.19. The van der Waals surface area contributed by atoms with Crippen LogP contribution in [0.15, 0.2) is 69.7 Å². The topological polar surface area (TPSA) is 92.1 Å². The first-order valence-corrected chi connectivity index (χ1v) is 10.6. The molecule has 0 bridgehead atoms. The molecular formula is C26H20N4O3. The van der Waals surface area contributed by atoms with Crippen molar-refractivity contribution >= 4 is 39.9 Å². The van der Waals surface area contributed by atoms with Gasteiger partial charge in [0, 0.05) is 30.8 Å². The quantitative estimate of drug-likeness (QED) is 0.346. The van der Waals surface area contributed by atoms with Crippen molar-refractivity contribution in [3.63, 3.8) is 0 Å². The minimum absolute atomic E-state index is 0.0322. The van der Waals surface area contributed by atoms with Crippen LogP contribution in [0, 0.1) is 11.3 Å². The number of amides is 2. The summed E-state index contributed by atoms with van der Waals surface area (Å²) in [5.41, 5.74) is 2.80. The molecule has 162 valence electrons. The second-order valence-corrected chi connectivity index (χ2v) is 7.88. The van der Waals surface area contributed by atoms with Crippen molar-refractivity contribution in [3.8, 4) is 17.5 Å². The van der Waals surface area contributed by atoms with Gasteiger partial charge in [0.05, 0.1) is 0 Å². The van der Waals surface area contributed by atoms with Gasteiger partial charge in [-0.3, -0.25) is 14.5 Å². The summed E-state index contributed by atoms with van der Waals surface area (Å²) >= 11 is 0. The molecule has 3 heterocycles. The monoisotopic (exact) mass is 436 g/mol. The van der Waals surface area contributed by atoms with Crippen molar-refractivity contribution in [1.29, 1.82) is 5.26 Å². The summed E-state index contributed by atoms with van der Waals surface area (Å²) < 4.78 is 7.91. The Morgan fingerprint density at radius 3 is 2.61 bits per heavy atom. The predicted octanol–water partition coefficient (Wildman–Crippen LogP) is 4.60. The highest BCUT2D eigenvalue weighted by Gasteiger charge is 2.34. The van der Waals surface area contributed by atoms with E-state index in [9.17, 15) is 14.9 Å². The highest BCUT2D eigenvalue weighted by atomic mass is 16.3. The van der Waals surface area contributed by atoms with Crippen molar-refractivity contribution in [2.24, 2.45) is 7.05 Å². The molecule has 2 amide bonds. The Morgan fingerprint density at radius 1 is 1.12 bits per heavy atom. The second-order valence-electron chi connectivity index (χ2n) is 7.88. The van der Waals surface area contributed by atoms with Gasteiger partial charge in [0.15, 0.2) is 0 Å². The van der Waals surface area contributed by atoms with Crippen LogP contribution in [0.5, 0.6) is 0 Å². The number of fused-ring (bicyclic) bond motifs is 2. The number of carbonyl (C=O) groups excluding carboxylic acids is 2. The minimum Gasteiger partial charge on any atom is -0.437 e. The number of aryl methyl sites for hydroxylation is 1. The molecule has 0 atom stereocenters. The van der Waals surface area contributed by atoms with Gasteiger partial charge in [-0.25, -0.2) is 0 Å². The van der Waals surface area contributed by atoms with Gasteiger partial charge in [0.1, 0.15) is 28.7 Å². The third kappa shape index (κ3) is 3.07. The van der Waals surface area contributed by atoms with E-state index in [0.29, 0.717) is 17.0 Å². The van der Waals surface area contributed by atoms with Crippen LogP contribution < -0.4 is 0 Å². The Kier molecular flexibility index (Phi) is 4.72. The smallest absolute Gasteiger partial charge is 0.271 e. The Bertz CT molecular complexity index is 1570. The molecule has 1 aliphatic heterocycles. The molecule has 0 radical (unpaired) electrons. The number of rotatable bonds is 3. The highest BCUT2D eigenvalue weighted by Crippen LogP contribution is 2.33. The van der Waals surface area contributed by atoms with E-state index < -0.39 is 11.8 Å². The van der Waals surface area contributed by atoms with Crippen molar-refractivity contribution in [1.82, 2.24) is 14.5 Å². The molecule has 1 aliphatic rings. The average molecular weight is 436 g/mol. The lowest BCUT2D eigenvalue weighted by Gasteiger charge is -2.25. The Hall–Kier alpha value is -4.44. The van der Waals surface area contributed by atoms with E-state index in [4.69, 9.17) is 9.40 Å². The Labute approximate surface area is 189 Å². The van der Waals surface area contributed by atoms with E-state index >= 15 is 0 Å². The SMILES string of the molecule is CCN1C(=O)C(C#N)=C(C)/C(=C/c2cc3c(nc(-c4cccc5ccccc45)n3C)o2)C1=O. The first-order valence-electron chi connectivity index (χ1n) is 10.6. The molecule has 0 saturated heterocycles. The van der Waals surface area contributed by atoms with Crippen LogP contribution in [0.2, 0.25) is 0 Å². The molecule has 0 spiro atoms. The van der Waals surface area contributed by atoms with Crippen LogP contribution in [0.25, 0.3) is 39.5 Å². The summed E-state index contributed by atoms with van der Waals surface area (Å²) in [6.45, 7) is 3.49. The van der Waals surface area contributed by atoms with E-state index in [1.54, 1.807) is 19.9 Å². The molecule has 2 aromatic carbocycles. The maximum atomic E-state index is 12.9. The Balaban J connectivity index is 1.62. The van der Waals surface area contributed by atoms with Crippen molar-refractivity contribution in [3.05, 3.63) is 71.0 Å². The number of furan rings is 1. The van der Waals surface area contributed by atoms with Crippen LogP contribution in [0.4, 0.5) is 0 Å². The molecule has 2 aromatic heterocycles. The van der Waals surface area contributed by atoms with Gasteiger partial charge in [-0.15, -0.1) is 0 Å². The number of hydrogen-bond acceptors (Lipinski definition) is 5. The first-order chi connectivity index (χ1) is 15.9. The molecule has 5 rings (SSSR count). The van der Waals surface area contributed by atoms with Crippen LogP contribution >= 0.6 is 0 Å². The van der Waals surface area contributed by atoms with E-state index in [1.165, 1.54) is 0 Å². The summed E-state index contributed by atoms with van der Waals surface area (Å²) in [5, 5.41) is 11.6. The summed E-state index contributed by atoms with van der Waals surface area (Å²) in [6, 6.07) is 18.0. The van der Waals surface area contributed by atoms with E-state index in [0.717, 1.165) is 32.6 Å². The largest absolute Gasteiger partial charge is 0.437 e. The fourth-order valence-corrected chi connectivity index (χ4v) is 4.29. The summed E-state index contributed by atoms with van der Waals surface area (Å²) in [6.07, 6.45) is 1.57. The molecule has 0 unspecified atom stereocenters. The summed E-state index contributed by atoms with van der Waals surface area (Å²) in [7, 11) is 1.92. The number of nitriles is 1. The van der Waals surface area contributed by atoms with Crippen molar-refractivity contribution in [2.75, 3.05) is 6.54 Å². The van der Waals surface area contributed by atoms with Crippen LogP contribution in [0.3, 0.4) is 0 Å². The third-order valence-corrected chi connectivity index (χ3v) is 6.06. The van der Waals surface area contributed by atoms with Gasteiger partial charge in [0.2, 0.25) is 5.71 Å². The summed E-state index contributed by atoms with van der Waals surface area (Å²) in [4.78, 5) is 31.0. The van der Waals surface area contributed by atoms with Gasteiger partial charge in [-0.2, -0.15) is 10.2 Å². The van der Waals surface area contributed by atoms with Gasteiger partial charge in [-0.1, -0.05) is 42.5 Å². The lowest BCUT2D eigenvalue weighted by Crippen LogP contribution is -2.42. The predicted molar refractivity (Wildman–Crippen MR) is 125 cm³/mol. The standard InChI is InChI=1S/C26H20N4O3/c1-4-30-25(31)20(15(2)21(14-27)26(30)32)12-17-13-22-24(33-17)28-23(29(22)3)19-11-7-9-16-8-5-6-10-18(16)19/h5-13H,4H2,1-3H3/b20-12-. The van der Waals surface area contributed by atoms with Gasteiger partial charge in [-0.05, 0) is 36.3 Å². The van der Waals surface area contributed by atoms with Crippen LogP contribution in [0.1, 0.15) is 19.6 Å². The molecule has 0 fully saturated rings. The van der Waals surface area contributed by atoms with Gasteiger partial charge in [0.25, 0.3) is 11.8 Å². The van der Waals surface area contributed by atoms with Crippen LogP contribution in [-0.2, 0) is 16.6 Å². The van der Waals surface area contributed by atoms with E-state index in [-0.39, 0.29) is 17.7 Å². The lowest BCUT2D eigenvalue weighted by atomic mass is 9.95. The molecule has 4 aromatic rings. The number of aromatic nitrogens is 2. The third-order valence-electron chi connectivity index (χ3n) is 6.06. The molecule has 7 nitrogen and oxygen atoms in total. The van der Waals surface area contributed by atoms with Crippen LogP contribution in [-0.4, -0.2) is 32.8 Å². The normalized spacial score (nSPS) is 15.8. The zero-order valence-corrected chi connectivity index (χ0v) is 18.4. The number of benzene rings is 2. The Morgan fingerprint density at radius 2 is 1.88 bits per heavy atom. The number of imide groups is 1. The van der Waals surface area contributed by atoms with E-state index in [1.807, 2.05) is 48.0 Å². The average Bonchev–Trinajstić information content (AvgIpc) is 3.35. The molecule has 0 saturated carbocycles. The molecule has 0 aliphatic carbocycles. The first kappa shape index (κ1) is 20.5. The maximum Gasteiger partial charge on any atom is 0.271 e. The number of likely N-dealkylation sites (N-methyl/N-ethyl adjacent to an activating group) is 1. The zero-order valence-electron chi connectivity index (χ0n) is 18.4. The fourth-order valence-electron chi connectivity index (χ4n) is 4.29. The van der Waals surface area contributed by atoms with Crippen molar-refractivity contribution in [2.45, 2.75) is 13.8 Å². The second kappa shape index (κ2) is 7.61. The number of imidazole rings is 1. The molecule has 33 heavy (non-hydrogen) atoms. The fraction of sp³-hybridized carbons (Fsp3) is 0.154. The number of carbonyl (C=O) groups is 2. The number of hydrogen-bond donors (Lipinski definition) is 0. The molecular weight excluding hydrogens is 416 g/mol. The molecule has 7 heteroatoms. The molecule has 0 N–H and O–H groups in total. The maximum absolute atomic E-state index is 12.9. The lowest BCUT2D eigenvalue weighted by molar-refractivity contribution is -0.140. The zero-order chi connectivity index (χ0) is 23.3. The van der Waals surface area contributed by atoms with Gasteiger partial charge >= 0.3 is 0 Å². The number of nitrogens with zero attached hydrogens (tertiary/aromatic N) is 4. The van der Waals surface area contributed by atoms with E-state index in [2.05, 4.69) is 18.2 Å². The summed E-state index contributed by atoms with van der Waals surface area (Å²) in [5.74, 6) is 0.201.